The number of benzene rings is 1. The van der Waals surface area contributed by atoms with Crippen LogP contribution in [0, 0.1) is 13.8 Å². The van der Waals surface area contributed by atoms with Crippen molar-refractivity contribution in [1.82, 2.24) is 4.98 Å². The van der Waals surface area contributed by atoms with E-state index in [0.717, 1.165) is 34.8 Å². The van der Waals surface area contributed by atoms with Crippen molar-refractivity contribution in [3.05, 3.63) is 40.4 Å². The van der Waals surface area contributed by atoms with Crippen LogP contribution in [-0.4, -0.2) is 16.8 Å². The van der Waals surface area contributed by atoms with Gasteiger partial charge in [-0.3, -0.25) is 14.9 Å². The summed E-state index contributed by atoms with van der Waals surface area (Å²) in [5.74, 6) is -1.94. The van der Waals surface area contributed by atoms with E-state index in [4.69, 9.17) is 0 Å². The number of carbonyl (C=O) groups is 2. The molecule has 5 nitrogen and oxygen atoms in total. The molecule has 23 heavy (non-hydrogen) atoms. The summed E-state index contributed by atoms with van der Waals surface area (Å²) < 4.78 is 37.3. The van der Waals surface area contributed by atoms with Crippen LogP contribution in [0.25, 0.3) is 0 Å². The third kappa shape index (κ3) is 4.28. The minimum absolute atomic E-state index is 0.0876. The summed E-state index contributed by atoms with van der Waals surface area (Å²) in [7, 11) is 0. The average molecular weight is 343 g/mol. The number of carbonyl (C=O) groups excluding carboxylic acids is 2. The first kappa shape index (κ1) is 16.9. The number of nitrogens with one attached hydrogen (secondary N) is 2. The van der Waals surface area contributed by atoms with Crippen molar-refractivity contribution >= 4 is 34.0 Å². The number of hydrogen-bond acceptors (Lipinski definition) is 4. The summed E-state index contributed by atoms with van der Waals surface area (Å²) in [5, 5.41) is 4.84. The maximum Gasteiger partial charge on any atom is 0.416 e. The molecule has 122 valence electrons. The predicted octanol–water partition coefficient (Wildman–Crippen LogP) is 3.36. The average Bonchev–Trinajstić information content (AvgIpc) is 2.76. The van der Waals surface area contributed by atoms with Crippen LogP contribution in [0.3, 0.4) is 0 Å². The molecule has 2 N–H and O–H groups in total. The summed E-state index contributed by atoms with van der Waals surface area (Å²) in [6, 6.07) is 3.79. The van der Waals surface area contributed by atoms with Gasteiger partial charge < -0.3 is 5.32 Å². The molecule has 0 saturated heterocycles. The van der Waals surface area contributed by atoms with Gasteiger partial charge in [0.25, 0.3) is 0 Å². The molecule has 0 atom stereocenters. The topological polar surface area (TPSA) is 71.1 Å². The number of nitrogens with zero attached hydrogens (tertiary/aromatic N) is 1. The molecule has 2 rings (SSSR count). The monoisotopic (exact) mass is 343 g/mol. The highest BCUT2D eigenvalue weighted by Gasteiger charge is 2.30. The molecule has 0 aliphatic rings. The van der Waals surface area contributed by atoms with Gasteiger partial charge in [0.05, 0.1) is 11.3 Å². The van der Waals surface area contributed by atoms with Crippen LogP contribution >= 0.6 is 11.3 Å². The van der Waals surface area contributed by atoms with E-state index in [1.807, 2.05) is 6.92 Å². The Morgan fingerprint density at radius 1 is 1.04 bits per heavy atom. The Bertz CT molecular complexity index is 719. The molecule has 1 heterocycles. The molecule has 0 fully saturated rings. The lowest BCUT2D eigenvalue weighted by molar-refractivity contribution is -0.137. The Hall–Kier alpha value is -2.42. The summed E-state index contributed by atoms with van der Waals surface area (Å²) in [4.78, 5) is 28.4. The number of thiazole rings is 1. The highest BCUT2D eigenvalue weighted by atomic mass is 32.1. The predicted molar refractivity (Wildman–Crippen MR) is 80.3 cm³/mol. The van der Waals surface area contributed by atoms with E-state index in [-0.39, 0.29) is 10.8 Å². The van der Waals surface area contributed by atoms with E-state index >= 15 is 0 Å². The molecule has 0 radical (unpaired) electrons. The highest BCUT2D eigenvalue weighted by molar-refractivity contribution is 7.15. The number of amides is 2. The van der Waals surface area contributed by atoms with Gasteiger partial charge in [0, 0.05) is 10.6 Å². The summed E-state index contributed by atoms with van der Waals surface area (Å²) in [6.45, 7) is 3.59. The van der Waals surface area contributed by atoms with Crippen molar-refractivity contribution in [3.63, 3.8) is 0 Å². The number of anilines is 2. The smallest absolute Gasteiger partial charge is 0.318 e. The van der Waals surface area contributed by atoms with Gasteiger partial charge in [0.2, 0.25) is 0 Å². The first-order chi connectivity index (χ1) is 10.7. The normalized spacial score (nSPS) is 11.2. The Labute approximate surface area is 133 Å². The zero-order valence-electron chi connectivity index (χ0n) is 12.1. The number of aryl methyl sites for hydroxylation is 2. The lowest BCUT2D eigenvalue weighted by atomic mass is 10.2. The van der Waals surface area contributed by atoms with E-state index in [1.54, 1.807) is 6.92 Å². The molecule has 1 aromatic carbocycles. The number of hydrogen-bond donors (Lipinski definition) is 2. The Balaban J connectivity index is 1.99. The molecular weight excluding hydrogens is 331 g/mol. The summed E-state index contributed by atoms with van der Waals surface area (Å²) >= 11 is 1.22. The quantitative estimate of drug-likeness (QED) is 0.822. The van der Waals surface area contributed by atoms with Gasteiger partial charge >= 0.3 is 18.0 Å². The molecule has 0 bridgehead atoms. The van der Waals surface area contributed by atoms with Crippen molar-refractivity contribution in [3.8, 4) is 0 Å². The molecule has 2 amide bonds. The molecular formula is C14H12F3N3O2S. The standard InChI is InChI=1S/C14H12F3N3O2S/c1-7-8(2)23-13(18-7)20-12(22)11(21)19-10-5-3-9(4-6-10)14(15,16)17/h3-6H,1-2H3,(H,19,21)(H,18,20,22). The van der Waals surface area contributed by atoms with E-state index in [2.05, 4.69) is 15.6 Å². The third-order valence-electron chi connectivity index (χ3n) is 2.93. The van der Waals surface area contributed by atoms with E-state index < -0.39 is 23.6 Å². The Morgan fingerprint density at radius 2 is 1.61 bits per heavy atom. The van der Waals surface area contributed by atoms with Crippen LogP contribution in [0.5, 0.6) is 0 Å². The van der Waals surface area contributed by atoms with E-state index in [1.165, 1.54) is 11.3 Å². The second-order valence-electron chi connectivity index (χ2n) is 4.64. The van der Waals surface area contributed by atoms with Crippen molar-refractivity contribution in [2.24, 2.45) is 0 Å². The van der Waals surface area contributed by atoms with Crippen molar-refractivity contribution in [1.29, 1.82) is 0 Å². The Kier molecular flexibility index (Phi) is 4.69. The first-order valence-electron chi connectivity index (χ1n) is 6.40. The van der Waals surface area contributed by atoms with Crippen LogP contribution in [0.4, 0.5) is 24.0 Å². The number of halogens is 3. The maximum atomic E-state index is 12.4. The number of alkyl halides is 3. The van der Waals surface area contributed by atoms with Crippen LogP contribution in [0.2, 0.25) is 0 Å². The van der Waals surface area contributed by atoms with Gasteiger partial charge in [0.15, 0.2) is 5.13 Å². The molecule has 2 aromatic rings. The lowest BCUT2D eigenvalue weighted by Gasteiger charge is -2.08. The first-order valence-corrected chi connectivity index (χ1v) is 7.22. The fourth-order valence-corrected chi connectivity index (χ4v) is 2.42. The fourth-order valence-electron chi connectivity index (χ4n) is 1.61. The highest BCUT2D eigenvalue weighted by Crippen LogP contribution is 2.29. The van der Waals surface area contributed by atoms with Crippen LogP contribution in [-0.2, 0) is 15.8 Å². The molecule has 0 aliphatic heterocycles. The third-order valence-corrected chi connectivity index (χ3v) is 3.91. The van der Waals surface area contributed by atoms with Gasteiger partial charge in [-0.15, -0.1) is 11.3 Å². The van der Waals surface area contributed by atoms with E-state index in [0.29, 0.717) is 0 Å². The second kappa shape index (κ2) is 6.37. The zero-order valence-corrected chi connectivity index (χ0v) is 12.9. The van der Waals surface area contributed by atoms with Gasteiger partial charge in [-0.05, 0) is 38.1 Å². The lowest BCUT2D eigenvalue weighted by Crippen LogP contribution is -2.29. The minimum atomic E-state index is -4.46. The SMILES string of the molecule is Cc1nc(NC(=O)C(=O)Nc2ccc(C(F)(F)F)cc2)sc1C. The molecule has 0 saturated carbocycles. The van der Waals surface area contributed by atoms with Crippen molar-refractivity contribution in [2.45, 2.75) is 20.0 Å². The van der Waals surface area contributed by atoms with Gasteiger partial charge in [-0.1, -0.05) is 0 Å². The zero-order chi connectivity index (χ0) is 17.2. The molecule has 0 spiro atoms. The van der Waals surface area contributed by atoms with Gasteiger partial charge in [-0.2, -0.15) is 13.2 Å². The molecule has 0 aliphatic carbocycles. The van der Waals surface area contributed by atoms with Crippen molar-refractivity contribution < 1.29 is 22.8 Å². The van der Waals surface area contributed by atoms with E-state index in [9.17, 15) is 22.8 Å². The minimum Gasteiger partial charge on any atom is -0.318 e. The van der Waals surface area contributed by atoms with Gasteiger partial charge in [0.1, 0.15) is 0 Å². The molecule has 9 heteroatoms. The number of rotatable bonds is 2. The van der Waals surface area contributed by atoms with Crippen LogP contribution in [0.15, 0.2) is 24.3 Å². The summed E-state index contributed by atoms with van der Waals surface area (Å²) in [5.41, 5.74) is -0.00761. The van der Waals surface area contributed by atoms with Crippen LogP contribution in [0.1, 0.15) is 16.1 Å². The molecule has 1 aromatic heterocycles. The second-order valence-corrected chi connectivity index (χ2v) is 5.85. The van der Waals surface area contributed by atoms with Crippen LogP contribution < -0.4 is 10.6 Å². The summed E-state index contributed by atoms with van der Waals surface area (Å²) in [6.07, 6.45) is -4.46. The Morgan fingerprint density at radius 3 is 2.09 bits per heavy atom. The van der Waals surface area contributed by atoms with Gasteiger partial charge in [-0.25, -0.2) is 4.98 Å². The fraction of sp³-hybridized carbons (Fsp3) is 0.214. The largest absolute Gasteiger partial charge is 0.416 e. The number of aromatic nitrogens is 1. The molecule has 0 unspecified atom stereocenters. The maximum absolute atomic E-state index is 12.4. The van der Waals surface area contributed by atoms with Crippen molar-refractivity contribution in [2.75, 3.05) is 10.6 Å².